The Morgan fingerprint density at radius 2 is 1.95 bits per heavy atom. The van der Waals surface area contributed by atoms with Crippen LogP contribution in [-0.2, 0) is 0 Å². The molecule has 20 heavy (non-hydrogen) atoms. The topological polar surface area (TPSA) is 119 Å². The zero-order chi connectivity index (χ0) is 15.3. The first-order valence-corrected chi connectivity index (χ1v) is 6.58. The Kier molecular flexibility index (Phi) is 5.63. The van der Waals surface area contributed by atoms with Gasteiger partial charge in [0.15, 0.2) is 0 Å². The van der Waals surface area contributed by atoms with Gasteiger partial charge < -0.3 is 5.32 Å². The largest absolute Gasteiger partial charge is 0.364 e. The molecular weight excluding hydrogens is 260 g/mol. The minimum atomic E-state index is -0.512. The molecule has 0 radical (unpaired) electrons. The summed E-state index contributed by atoms with van der Waals surface area (Å²) in [6.07, 6.45) is 1.14. The van der Waals surface area contributed by atoms with E-state index in [0.29, 0.717) is 24.3 Å². The Labute approximate surface area is 118 Å². The van der Waals surface area contributed by atoms with E-state index in [0.717, 1.165) is 6.20 Å². The lowest BCUT2D eigenvalue weighted by molar-refractivity contribution is -0.384. The summed E-state index contributed by atoms with van der Waals surface area (Å²) in [5.74, 6) is 6.88. The van der Waals surface area contributed by atoms with Crippen LogP contribution in [0.4, 0.5) is 17.5 Å². The van der Waals surface area contributed by atoms with Gasteiger partial charge in [0.05, 0.1) is 4.92 Å². The Morgan fingerprint density at radius 3 is 2.40 bits per heavy atom. The summed E-state index contributed by atoms with van der Waals surface area (Å²) in [5.41, 5.74) is 2.12. The fraction of sp³-hybridized carbons (Fsp3) is 0.667. The SMILES string of the molecule is CC(C)C(CNc1nc(NN)ncc1[N+](=O)[O-])C(C)C. The van der Waals surface area contributed by atoms with E-state index >= 15 is 0 Å². The van der Waals surface area contributed by atoms with E-state index in [1.807, 2.05) is 0 Å². The average molecular weight is 282 g/mol. The van der Waals surface area contributed by atoms with Gasteiger partial charge in [0.1, 0.15) is 6.20 Å². The summed E-state index contributed by atoms with van der Waals surface area (Å²) in [7, 11) is 0. The van der Waals surface area contributed by atoms with Crippen molar-refractivity contribution in [2.75, 3.05) is 17.3 Å². The normalized spacial score (nSPS) is 11.2. The van der Waals surface area contributed by atoms with E-state index in [9.17, 15) is 10.1 Å². The molecule has 1 rings (SSSR count). The molecule has 4 N–H and O–H groups in total. The summed E-state index contributed by atoms with van der Waals surface area (Å²) in [6.45, 7) is 9.14. The fourth-order valence-electron chi connectivity index (χ4n) is 2.16. The highest BCUT2D eigenvalue weighted by atomic mass is 16.6. The zero-order valence-electron chi connectivity index (χ0n) is 12.3. The number of nitro groups is 1. The second-order valence-electron chi connectivity index (χ2n) is 5.36. The van der Waals surface area contributed by atoms with Crippen LogP contribution in [0.3, 0.4) is 0 Å². The van der Waals surface area contributed by atoms with Gasteiger partial charge in [-0.25, -0.2) is 10.8 Å². The standard InChI is InChI=1S/C12H22N6O2/c1-7(2)9(8(3)4)5-14-11-10(18(19)20)6-15-12(16-11)17-13/h6-9H,5,13H2,1-4H3,(H2,14,15,16,17). The first-order valence-electron chi connectivity index (χ1n) is 6.58. The number of hydrogen-bond acceptors (Lipinski definition) is 7. The third-order valence-electron chi connectivity index (χ3n) is 3.31. The van der Waals surface area contributed by atoms with E-state index in [1.165, 1.54) is 0 Å². The molecule has 0 aliphatic carbocycles. The molecule has 112 valence electrons. The minimum Gasteiger partial charge on any atom is -0.364 e. The minimum absolute atomic E-state index is 0.142. The molecule has 8 heteroatoms. The van der Waals surface area contributed by atoms with Crippen molar-refractivity contribution < 1.29 is 4.92 Å². The number of nitrogens with one attached hydrogen (secondary N) is 2. The maximum absolute atomic E-state index is 11.0. The third-order valence-corrected chi connectivity index (χ3v) is 3.31. The van der Waals surface area contributed by atoms with Gasteiger partial charge in [-0.05, 0) is 17.8 Å². The van der Waals surface area contributed by atoms with Crippen molar-refractivity contribution in [3.05, 3.63) is 16.3 Å². The number of rotatable bonds is 7. The third kappa shape index (κ3) is 4.02. The Hall–Kier alpha value is -1.96. The van der Waals surface area contributed by atoms with Crippen LogP contribution in [0.25, 0.3) is 0 Å². The maximum Gasteiger partial charge on any atom is 0.329 e. The van der Waals surface area contributed by atoms with Crippen LogP contribution in [0.15, 0.2) is 6.20 Å². The van der Waals surface area contributed by atoms with Crippen molar-refractivity contribution in [1.29, 1.82) is 0 Å². The van der Waals surface area contributed by atoms with Crippen molar-refractivity contribution in [1.82, 2.24) is 9.97 Å². The molecule has 0 aliphatic heterocycles. The molecule has 0 unspecified atom stereocenters. The quantitative estimate of drug-likeness (QED) is 0.397. The number of hydrazine groups is 1. The van der Waals surface area contributed by atoms with Crippen LogP contribution in [0, 0.1) is 27.9 Å². The van der Waals surface area contributed by atoms with Crippen LogP contribution in [-0.4, -0.2) is 21.4 Å². The summed E-state index contributed by atoms with van der Waals surface area (Å²) in [4.78, 5) is 18.2. The second-order valence-corrected chi connectivity index (χ2v) is 5.36. The van der Waals surface area contributed by atoms with Crippen molar-refractivity contribution in [2.24, 2.45) is 23.6 Å². The number of anilines is 2. The van der Waals surface area contributed by atoms with Gasteiger partial charge >= 0.3 is 5.69 Å². The molecule has 1 aromatic heterocycles. The fourth-order valence-corrected chi connectivity index (χ4v) is 2.16. The molecule has 0 spiro atoms. The predicted octanol–water partition coefficient (Wildman–Crippen LogP) is 2.01. The lowest BCUT2D eigenvalue weighted by Gasteiger charge is -2.25. The van der Waals surface area contributed by atoms with Crippen molar-refractivity contribution in [2.45, 2.75) is 27.7 Å². The van der Waals surface area contributed by atoms with Crippen molar-refractivity contribution >= 4 is 17.5 Å². The van der Waals surface area contributed by atoms with Crippen LogP contribution in [0.2, 0.25) is 0 Å². The van der Waals surface area contributed by atoms with Gasteiger partial charge in [0.2, 0.25) is 11.8 Å². The van der Waals surface area contributed by atoms with Gasteiger partial charge in [-0.1, -0.05) is 27.7 Å². The Bertz CT molecular complexity index is 455. The van der Waals surface area contributed by atoms with Crippen LogP contribution in [0.5, 0.6) is 0 Å². The van der Waals surface area contributed by atoms with Gasteiger partial charge in [-0.3, -0.25) is 15.5 Å². The van der Waals surface area contributed by atoms with Gasteiger partial charge in [-0.15, -0.1) is 0 Å². The monoisotopic (exact) mass is 282 g/mol. The summed E-state index contributed by atoms with van der Waals surface area (Å²) < 4.78 is 0. The molecule has 0 bridgehead atoms. The van der Waals surface area contributed by atoms with Crippen LogP contribution < -0.4 is 16.6 Å². The van der Waals surface area contributed by atoms with E-state index < -0.39 is 4.92 Å². The molecule has 0 amide bonds. The highest BCUT2D eigenvalue weighted by Gasteiger charge is 2.21. The number of aromatic nitrogens is 2. The molecule has 0 atom stereocenters. The average Bonchev–Trinajstić information content (AvgIpc) is 2.37. The molecule has 1 aromatic rings. The van der Waals surface area contributed by atoms with Crippen LogP contribution >= 0.6 is 0 Å². The van der Waals surface area contributed by atoms with Crippen LogP contribution in [0.1, 0.15) is 27.7 Å². The lowest BCUT2D eigenvalue weighted by Crippen LogP contribution is -2.25. The smallest absolute Gasteiger partial charge is 0.329 e. The highest BCUT2D eigenvalue weighted by molar-refractivity contribution is 5.56. The van der Waals surface area contributed by atoms with E-state index in [1.54, 1.807) is 0 Å². The maximum atomic E-state index is 11.0. The molecule has 0 aliphatic rings. The molecule has 0 saturated heterocycles. The first kappa shape index (κ1) is 16.1. The van der Waals surface area contributed by atoms with Crippen molar-refractivity contribution in [3.8, 4) is 0 Å². The van der Waals surface area contributed by atoms with Gasteiger partial charge in [0, 0.05) is 6.54 Å². The van der Waals surface area contributed by atoms with E-state index in [4.69, 9.17) is 5.84 Å². The molecule has 0 saturated carbocycles. The molecule has 8 nitrogen and oxygen atoms in total. The lowest BCUT2D eigenvalue weighted by atomic mass is 9.85. The van der Waals surface area contributed by atoms with Gasteiger partial charge in [-0.2, -0.15) is 4.98 Å². The molecule has 0 aromatic carbocycles. The molecule has 1 heterocycles. The predicted molar refractivity (Wildman–Crippen MR) is 78.2 cm³/mol. The number of hydrogen-bond donors (Lipinski definition) is 3. The Morgan fingerprint density at radius 1 is 1.35 bits per heavy atom. The summed E-state index contributed by atoms with van der Waals surface area (Å²) >= 11 is 0. The van der Waals surface area contributed by atoms with E-state index in [2.05, 4.69) is 48.4 Å². The summed E-state index contributed by atoms with van der Waals surface area (Å²) in [6, 6.07) is 0. The number of nitrogen functional groups attached to an aromatic ring is 1. The zero-order valence-corrected chi connectivity index (χ0v) is 12.3. The number of nitrogens with two attached hydrogens (primary N) is 1. The molecule has 0 fully saturated rings. The first-order chi connectivity index (χ1) is 9.36. The molecular formula is C12H22N6O2. The van der Waals surface area contributed by atoms with Crippen molar-refractivity contribution in [3.63, 3.8) is 0 Å². The number of nitrogens with zero attached hydrogens (tertiary/aromatic N) is 3. The highest BCUT2D eigenvalue weighted by Crippen LogP contribution is 2.25. The van der Waals surface area contributed by atoms with Gasteiger partial charge in [0.25, 0.3) is 0 Å². The second kappa shape index (κ2) is 6.99. The van der Waals surface area contributed by atoms with E-state index in [-0.39, 0.29) is 17.5 Å². The summed E-state index contributed by atoms with van der Waals surface area (Å²) in [5, 5.41) is 14.0. The Balaban J connectivity index is 2.92.